The fourth-order valence-corrected chi connectivity index (χ4v) is 13.2. The molecule has 2 aromatic rings. The molecule has 0 aliphatic carbocycles. The summed E-state index contributed by atoms with van der Waals surface area (Å²) in [5.41, 5.74) is 17.1. The largest absolute Gasteiger partial charge is 0.481 e. The van der Waals surface area contributed by atoms with E-state index in [2.05, 4.69) is 83.4 Å². The summed E-state index contributed by atoms with van der Waals surface area (Å²) in [7, 11) is 0. The number of carboxylic acids is 2. The predicted molar refractivity (Wildman–Crippen MR) is 398 cm³/mol. The van der Waals surface area contributed by atoms with Gasteiger partial charge >= 0.3 is 11.9 Å². The van der Waals surface area contributed by atoms with Gasteiger partial charge in [0.15, 0.2) is 5.96 Å². The molecule has 0 unspecified atom stereocenters. The van der Waals surface area contributed by atoms with Crippen LogP contribution in [0.4, 0.5) is 4.39 Å². The normalized spacial score (nSPS) is 19.0. The molecule has 0 saturated carbocycles. The number of aliphatic imine (C=N–C) groups is 1. The third kappa shape index (κ3) is 26.5. The van der Waals surface area contributed by atoms with Crippen LogP contribution < -0.4 is 70.4 Å². The van der Waals surface area contributed by atoms with Crippen molar-refractivity contribution in [3.63, 3.8) is 0 Å². The number of nitrogens with one attached hydrogen (secondary N) is 10. The van der Waals surface area contributed by atoms with Gasteiger partial charge in [0.25, 0.3) is 0 Å². The number of carbonyl (C=O) groups excluding carboxylic acids is 13. The van der Waals surface area contributed by atoms with Crippen molar-refractivity contribution >= 4 is 120 Å². The molecule has 5 rings (SSSR count). The summed E-state index contributed by atoms with van der Waals surface area (Å²) >= 11 is 8.54. The molecule has 39 heteroatoms. The Hall–Kier alpha value is -9.73. The van der Waals surface area contributed by atoms with Crippen molar-refractivity contribution in [2.45, 2.75) is 203 Å². The maximum Gasteiger partial charge on any atom is 0.326 e. The van der Waals surface area contributed by atoms with Gasteiger partial charge in [0, 0.05) is 50.5 Å². The van der Waals surface area contributed by atoms with Crippen LogP contribution in [0.15, 0.2) is 59.6 Å². The van der Waals surface area contributed by atoms with E-state index in [1.54, 1.807) is 58.0 Å². The van der Waals surface area contributed by atoms with Gasteiger partial charge in [-0.05, 0) is 93.4 Å². The fraction of sp³-hybridized carbons (Fsp3) is 0.600. The molecule has 0 spiro atoms. The maximum absolute atomic E-state index is 14.9. The SMILES string of the molecule is CC[C@H](C)[C@H](NC(=O)[C@@H]1CCCN1C(=O)[C@@H]1CCCN1C(=O)[C@@H](NC(=O)[C@H](CO)NC(=O)[C@H](Cc1ccc(F)cc1)NC(=O)[C@@H](NC(=O)[C@H](CS)NC(=O)[C@H](CCCN=C(N)N)NC(=O)CN)[C@@H](C)O)[C@@H](C)CC)C(=O)N[C@@H](CS)C(=O)N[C@@H](Cc1ccccc1)C(=O)N1CCC[C@H]1C(=O)N[C@@H](CC(=O)O)C(=O)O. The molecule has 3 heterocycles. The van der Waals surface area contributed by atoms with E-state index in [1.807, 2.05) is 0 Å². The van der Waals surface area contributed by atoms with Crippen molar-refractivity contribution < 1.29 is 96.7 Å². The molecular formula is C70H104FN17O19S2. The topological polar surface area (TPSA) is 557 Å². The zero-order chi connectivity index (χ0) is 80.9. The quantitative estimate of drug-likeness (QED) is 0.0129. The fourth-order valence-electron chi connectivity index (χ4n) is 12.7. The molecule has 0 bridgehead atoms. The smallest absolute Gasteiger partial charge is 0.326 e. The molecule has 36 nitrogen and oxygen atoms in total. The molecule has 16 atom stereocenters. The number of aliphatic hydroxyl groups is 2. The summed E-state index contributed by atoms with van der Waals surface area (Å²) in [6.45, 7) is 6.58. The van der Waals surface area contributed by atoms with E-state index in [1.165, 1.54) is 26.8 Å². The molecule has 109 heavy (non-hydrogen) atoms. The van der Waals surface area contributed by atoms with Crippen molar-refractivity contribution in [2.75, 3.05) is 50.8 Å². The molecule has 3 saturated heterocycles. The lowest BCUT2D eigenvalue weighted by atomic mass is 9.96. The lowest BCUT2D eigenvalue weighted by Gasteiger charge is -2.35. The van der Waals surface area contributed by atoms with Gasteiger partial charge in [0.2, 0.25) is 76.8 Å². The van der Waals surface area contributed by atoms with Gasteiger partial charge in [-0.1, -0.05) is 83.0 Å². The Morgan fingerprint density at radius 2 is 0.991 bits per heavy atom. The van der Waals surface area contributed by atoms with E-state index < -0.39 is 217 Å². The predicted octanol–water partition coefficient (Wildman–Crippen LogP) is -4.67. The Morgan fingerprint density at radius 1 is 0.532 bits per heavy atom. The van der Waals surface area contributed by atoms with Gasteiger partial charge in [0.05, 0.1) is 25.7 Å². The number of aliphatic carboxylic acids is 2. The summed E-state index contributed by atoms with van der Waals surface area (Å²) in [4.78, 5) is 214. The highest BCUT2D eigenvalue weighted by Gasteiger charge is 2.47. The number of nitrogens with two attached hydrogens (primary N) is 3. The van der Waals surface area contributed by atoms with E-state index in [0.29, 0.717) is 31.2 Å². The van der Waals surface area contributed by atoms with Crippen LogP contribution in [0, 0.1) is 17.7 Å². The molecule has 602 valence electrons. The maximum atomic E-state index is 14.9. The lowest BCUT2D eigenvalue weighted by Crippen LogP contribution is -2.63. The van der Waals surface area contributed by atoms with Crippen LogP contribution in [-0.4, -0.2) is 265 Å². The van der Waals surface area contributed by atoms with Crippen LogP contribution in [0.3, 0.4) is 0 Å². The van der Waals surface area contributed by atoms with E-state index >= 15 is 0 Å². The first-order valence-electron chi connectivity index (χ1n) is 36.2. The van der Waals surface area contributed by atoms with Crippen molar-refractivity contribution in [2.24, 2.45) is 34.0 Å². The highest BCUT2D eigenvalue weighted by atomic mass is 32.1. The summed E-state index contributed by atoms with van der Waals surface area (Å²) < 4.78 is 14.2. The third-order valence-corrected chi connectivity index (χ3v) is 20.0. The second kappa shape index (κ2) is 44.1. The summed E-state index contributed by atoms with van der Waals surface area (Å²) in [6, 6.07) is -5.69. The average Bonchev–Trinajstić information content (AvgIpc) is 1.69. The molecule has 20 N–H and O–H groups in total. The highest BCUT2D eigenvalue weighted by Crippen LogP contribution is 2.28. The van der Waals surface area contributed by atoms with Crippen LogP contribution >= 0.6 is 25.3 Å². The molecule has 0 aromatic heterocycles. The van der Waals surface area contributed by atoms with E-state index in [4.69, 9.17) is 17.2 Å². The number of carbonyl (C=O) groups is 15. The van der Waals surface area contributed by atoms with Gasteiger partial charge in [-0.15, -0.1) is 0 Å². The van der Waals surface area contributed by atoms with Gasteiger partial charge in [-0.25, -0.2) is 9.18 Å². The number of nitrogens with zero attached hydrogens (tertiary/aromatic N) is 4. The van der Waals surface area contributed by atoms with Crippen LogP contribution in [0.5, 0.6) is 0 Å². The van der Waals surface area contributed by atoms with Gasteiger partial charge in [0.1, 0.15) is 84.4 Å². The van der Waals surface area contributed by atoms with Crippen LogP contribution in [-0.2, 0) is 84.8 Å². The molecule has 3 fully saturated rings. The lowest BCUT2D eigenvalue weighted by molar-refractivity contribution is -0.149. The number of likely N-dealkylation sites (tertiary alicyclic amines) is 3. The Morgan fingerprint density at radius 3 is 1.54 bits per heavy atom. The number of thiol groups is 2. The van der Waals surface area contributed by atoms with Gasteiger partial charge in [-0.3, -0.25) is 72.1 Å². The first kappa shape index (κ1) is 89.9. The van der Waals surface area contributed by atoms with Crippen molar-refractivity contribution in [3.8, 4) is 0 Å². The van der Waals surface area contributed by atoms with Crippen LogP contribution in [0.1, 0.15) is 116 Å². The van der Waals surface area contributed by atoms with E-state index in [9.17, 15) is 96.7 Å². The molecule has 2 aromatic carbocycles. The number of hydrogen-bond donors (Lipinski definition) is 19. The summed E-state index contributed by atoms with van der Waals surface area (Å²) in [6.07, 6.45) is -1.01. The number of aliphatic hydroxyl groups excluding tert-OH is 2. The number of carboxylic acid groups (broad SMARTS) is 2. The summed E-state index contributed by atoms with van der Waals surface area (Å²) in [5, 5.41) is 65.4. The Bertz CT molecular complexity index is 3570. The van der Waals surface area contributed by atoms with Crippen molar-refractivity contribution in [1.29, 1.82) is 0 Å². The minimum atomic E-state index is -1.85. The second-order valence-electron chi connectivity index (χ2n) is 27.2. The number of rotatable bonds is 42. The molecule has 13 amide bonds. The zero-order valence-electron chi connectivity index (χ0n) is 61.5. The third-order valence-electron chi connectivity index (χ3n) is 19.2. The number of amides is 13. The number of hydrogen-bond acceptors (Lipinski definition) is 21. The molecule has 0 radical (unpaired) electrons. The number of halogens is 1. The molecule has 3 aliphatic rings. The second-order valence-corrected chi connectivity index (χ2v) is 27.9. The Kier molecular flexibility index (Phi) is 36.3. The number of benzene rings is 2. The van der Waals surface area contributed by atoms with Gasteiger partial charge < -0.3 is 105 Å². The van der Waals surface area contributed by atoms with Gasteiger partial charge in [-0.2, -0.15) is 25.3 Å². The monoisotopic (exact) mass is 1570 g/mol. The van der Waals surface area contributed by atoms with Crippen LogP contribution in [0.25, 0.3) is 0 Å². The minimum absolute atomic E-state index is 0.00986. The van der Waals surface area contributed by atoms with E-state index in [0.717, 1.165) is 19.1 Å². The van der Waals surface area contributed by atoms with Crippen molar-refractivity contribution in [1.82, 2.24) is 67.9 Å². The molecule has 3 aliphatic heterocycles. The van der Waals surface area contributed by atoms with Crippen molar-refractivity contribution in [3.05, 3.63) is 71.5 Å². The average molecular weight is 1570 g/mol. The Labute approximate surface area is 640 Å². The standard InChI is InChI=1S/C70H104FN17O19S2/c1-6-36(3)54(64(101)82-47(34-108)60(97)78-44(30-39-15-9-8-10-16-39)66(103)86-26-12-18-49(86)62(99)79-45(69(106)107)31-53(92)93)83-63(100)50-19-13-27-87(50)67(104)51-20-14-28-88(51)68(105)55(37(4)7-2)84-59(96)46(33-89)80-58(95)43(29-40-21-23-41(71)24-22-40)77-65(102)56(38(5)90)85-61(98)48(35-109)81-57(94)42(76-52(91)32-72)17-11-25-75-70(73)74/h8-10,15-16,21-24,36-38,42-51,54-56,89-90,108-109H,6-7,11-14,17-20,25-35,72H2,1-5H3,(H,76,91)(H,77,102)(H,78,97)(H,79,99)(H,80,95)(H,81,94)(H,82,101)(H,83,100)(H,84,96)(H,85,98)(H,92,93)(H,106,107)(H4,73,74,75)/t36-,37-,38+,42-,43-,44-,45-,46-,47-,48-,49-,50-,51-,54-,55-,56-/m0/s1. The first-order valence-corrected chi connectivity index (χ1v) is 37.4. The number of guanidine groups is 1. The highest BCUT2D eigenvalue weighted by molar-refractivity contribution is 7.80. The minimum Gasteiger partial charge on any atom is -0.481 e. The first-order chi connectivity index (χ1) is 51.7. The molecular weight excluding hydrogens is 1470 g/mol. The summed E-state index contributed by atoms with van der Waals surface area (Å²) in [5.74, 6) is -17.2. The Balaban J connectivity index is 1.29. The van der Waals surface area contributed by atoms with E-state index in [-0.39, 0.29) is 94.2 Å². The zero-order valence-corrected chi connectivity index (χ0v) is 63.3. The van der Waals surface area contributed by atoms with Crippen LogP contribution in [0.2, 0.25) is 0 Å².